The van der Waals surface area contributed by atoms with Gasteiger partial charge in [0.2, 0.25) is 0 Å². The van der Waals surface area contributed by atoms with Crippen molar-refractivity contribution in [2.24, 2.45) is 0 Å². The highest BCUT2D eigenvalue weighted by Crippen LogP contribution is 2.44. The molecule has 174 valence electrons. The molecule has 1 unspecified atom stereocenters. The van der Waals surface area contributed by atoms with Gasteiger partial charge in [-0.25, -0.2) is 4.98 Å². The summed E-state index contributed by atoms with van der Waals surface area (Å²) in [5.41, 5.74) is 1.87. The van der Waals surface area contributed by atoms with Crippen LogP contribution >= 0.6 is 46.1 Å². The molecule has 1 N–H and O–H groups in total. The minimum Gasteiger partial charge on any atom is -0.503 e. The zero-order valence-corrected chi connectivity index (χ0v) is 20.9. The Morgan fingerprint density at radius 2 is 1.77 bits per heavy atom. The Kier molecular flexibility index (Phi) is 6.38. The molecule has 0 saturated heterocycles. The van der Waals surface area contributed by atoms with Crippen LogP contribution in [0.5, 0.6) is 0 Å². The number of aliphatic hydroxyl groups excluding tert-OH is 1. The number of fused-ring (bicyclic) bond motifs is 1. The van der Waals surface area contributed by atoms with Gasteiger partial charge in [0.05, 0.1) is 31.9 Å². The van der Waals surface area contributed by atoms with Crippen molar-refractivity contribution in [3.8, 4) is 0 Å². The number of nitrogens with zero attached hydrogens (tertiary/aromatic N) is 2. The molecule has 5 rings (SSSR count). The van der Waals surface area contributed by atoms with Crippen LogP contribution in [0, 0.1) is 0 Å². The first-order valence-corrected chi connectivity index (χ1v) is 12.3. The monoisotopic (exact) mass is 540 g/mol. The summed E-state index contributed by atoms with van der Waals surface area (Å²) in [5, 5.41) is 12.3. The van der Waals surface area contributed by atoms with Crippen molar-refractivity contribution >= 4 is 79.3 Å². The number of halogens is 3. The lowest BCUT2D eigenvalue weighted by Gasteiger charge is -2.24. The van der Waals surface area contributed by atoms with Crippen molar-refractivity contribution in [3.05, 3.63) is 110 Å². The second kappa shape index (κ2) is 9.47. The summed E-state index contributed by atoms with van der Waals surface area (Å²) >= 11 is 19.7. The molecular weight excluding hydrogens is 527 g/mol. The van der Waals surface area contributed by atoms with Gasteiger partial charge in [0.25, 0.3) is 5.91 Å². The molecule has 0 spiro atoms. The first-order valence-electron chi connectivity index (χ1n) is 10.4. The highest BCUT2D eigenvalue weighted by molar-refractivity contribution is 7.22. The van der Waals surface area contributed by atoms with E-state index < -0.39 is 23.5 Å². The average molecular weight is 542 g/mol. The molecule has 0 bridgehead atoms. The van der Waals surface area contributed by atoms with Crippen LogP contribution in [0.3, 0.4) is 0 Å². The SMILES string of the molecule is O=C(C=Cc1ccccc1)C1=C(O)C(=O)N(c2nc3ccc(Cl)cc3s2)C1c1ccc(Cl)c(Cl)c1. The fourth-order valence-corrected chi connectivity index (χ4v) is 5.44. The Morgan fingerprint density at radius 1 is 1.00 bits per heavy atom. The van der Waals surface area contributed by atoms with Crippen LogP contribution < -0.4 is 4.90 Å². The van der Waals surface area contributed by atoms with Crippen molar-refractivity contribution in [2.45, 2.75) is 6.04 Å². The molecular formula is C26H15Cl3N2O3S. The number of benzene rings is 3. The second-order valence-electron chi connectivity index (χ2n) is 7.73. The number of thiazole rings is 1. The normalized spacial score (nSPS) is 16.1. The van der Waals surface area contributed by atoms with Gasteiger partial charge >= 0.3 is 0 Å². The zero-order valence-electron chi connectivity index (χ0n) is 17.8. The van der Waals surface area contributed by atoms with Crippen LogP contribution in [-0.4, -0.2) is 21.8 Å². The fourth-order valence-electron chi connectivity index (χ4n) is 3.87. The standard InChI is InChI=1S/C26H15Cl3N2O3S/c27-16-8-10-19-21(13-16)35-26(30-19)31-23(15-7-9-17(28)18(29)12-15)22(24(33)25(31)34)20(32)11-6-14-4-2-1-3-5-14/h1-13,23,33H. The highest BCUT2D eigenvalue weighted by Gasteiger charge is 2.45. The number of ketones is 1. The Morgan fingerprint density at radius 3 is 2.51 bits per heavy atom. The van der Waals surface area contributed by atoms with Crippen LogP contribution in [-0.2, 0) is 9.59 Å². The van der Waals surface area contributed by atoms with Gasteiger partial charge in [-0.05, 0) is 47.5 Å². The van der Waals surface area contributed by atoms with Gasteiger partial charge < -0.3 is 5.11 Å². The predicted molar refractivity (Wildman–Crippen MR) is 141 cm³/mol. The van der Waals surface area contributed by atoms with E-state index in [2.05, 4.69) is 4.98 Å². The average Bonchev–Trinajstić information content (AvgIpc) is 3.37. The van der Waals surface area contributed by atoms with Crippen LogP contribution in [0.4, 0.5) is 5.13 Å². The van der Waals surface area contributed by atoms with E-state index in [4.69, 9.17) is 34.8 Å². The molecule has 0 fully saturated rings. The minimum absolute atomic E-state index is 0.0714. The molecule has 4 aromatic rings. The summed E-state index contributed by atoms with van der Waals surface area (Å²) in [7, 11) is 0. The number of rotatable bonds is 5. The fraction of sp³-hybridized carbons (Fsp3) is 0.0385. The maximum absolute atomic E-state index is 13.3. The van der Waals surface area contributed by atoms with Gasteiger partial charge in [-0.3, -0.25) is 14.5 Å². The molecule has 0 radical (unpaired) electrons. The zero-order chi connectivity index (χ0) is 24.7. The van der Waals surface area contributed by atoms with Crippen molar-refractivity contribution in [1.82, 2.24) is 4.98 Å². The number of aliphatic hydroxyl groups is 1. The maximum atomic E-state index is 13.3. The van der Waals surface area contributed by atoms with E-state index >= 15 is 0 Å². The Balaban J connectivity index is 1.63. The number of anilines is 1. The predicted octanol–water partition coefficient (Wildman–Crippen LogP) is 7.44. The van der Waals surface area contributed by atoms with Crippen molar-refractivity contribution in [1.29, 1.82) is 0 Å². The molecule has 0 aliphatic carbocycles. The van der Waals surface area contributed by atoms with Gasteiger partial charge in [0, 0.05) is 5.02 Å². The van der Waals surface area contributed by atoms with Crippen LogP contribution in [0.1, 0.15) is 17.2 Å². The molecule has 0 saturated carbocycles. The Bertz CT molecular complexity index is 1550. The molecule has 35 heavy (non-hydrogen) atoms. The van der Waals surface area contributed by atoms with Gasteiger partial charge in [0.15, 0.2) is 16.7 Å². The van der Waals surface area contributed by atoms with Crippen LogP contribution in [0.2, 0.25) is 15.1 Å². The molecule has 1 aromatic heterocycles. The molecule has 1 aliphatic rings. The number of hydrogen-bond donors (Lipinski definition) is 1. The third kappa shape index (κ3) is 4.46. The third-order valence-electron chi connectivity index (χ3n) is 5.50. The molecule has 5 nitrogen and oxygen atoms in total. The number of amides is 1. The lowest BCUT2D eigenvalue weighted by Crippen LogP contribution is -2.30. The van der Waals surface area contributed by atoms with E-state index in [1.807, 2.05) is 30.3 Å². The number of allylic oxidation sites excluding steroid dienone is 1. The van der Waals surface area contributed by atoms with Gasteiger partial charge in [0.1, 0.15) is 0 Å². The van der Waals surface area contributed by atoms with Crippen molar-refractivity contribution < 1.29 is 14.7 Å². The first-order chi connectivity index (χ1) is 16.8. The van der Waals surface area contributed by atoms with E-state index in [-0.39, 0.29) is 10.6 Å². The summed E-state index contributed by atoms with van der Waals surface area (Å²) in [5.74, 6) is -1.88. The lowest BCUT2D eigenvalue weighted by molar-refractivity contribution is -0.117. The summed E-state index contributed by atoms with van der Waals surface area (Å²) in [6, 6.07) is 18.3. The van der Waals surface area contributed by atoms with E-state index in [0.717, 1.165) is 10.3 Å². The summed E-state index contributed by atoms with van der Waals surface area (Å²) in [6.45, 7) is 0. The second-order valence-corrected chi connectivity index (χ2v) is 9.99. The lowest BCUT2D eigenvalue weighted by atomic mass is 9.96. The number of hydrogen-bond acceptors (Lipinski definition) is 5. The van der Waals surface area contributed by atoms with Crippen LogP contribution in [0.25, 0.3) is 16.3 Å². The van der Waals surface area contributed by atoms with Gasteiger partial charge in [-0.2, -0.15) is 0 Å². The molecule has 1 aliphatic heterocycles. The number of carbonyl (C=O) groups excluding carboxylic acids is 2. The van der Waals surface area contributed by atoms with Gasteiger partial charge in [-0.15, -0.1) is 0 Å². The molecule has 1 amide bonds. The summed E-state index contributed by atoms with van der Waals surface area (Å²) in [6.07, 6.45) is 2.96. The number of carbonyl (C=O) groups is 2. The minimum atomic E-state index is -0.957. The van der Waals surface area contributed by atoms with Gasteiger partial charge in [-0.1, -0.05) is 88.6 Å². The largest absolute Gasteiger partial charge is 0.503 e. The molecule has 9 heteroatoms. The molecule has 2 heterocycles. The Labute approximate surface area is 219 Å². The number of aromatic nitrogens is 1. The maximum Gasteiger partial charge on any atom is 0.296 e. The Hall–Kier alpha value is -3.16. The van der Waals surface area contributed by atoms with Crippen molar-refractivity contribution in [2.75, 3.05) is 4.90 Å². The van der Waals surface area contributed by atoms with E-state index in [1.165, 1.54) is 22.3 Å². The summed E-state index contributed by atoms with van der Waals surface area (Å²) < 4.78 is 0.761. The van der Waals surface area contributed by atoms with Crippen molar-refractivity contribution in [3.63, 3.8) is 0 Å². The van der Waals surface area contributed by atoms with Crippen LogP contribution in [0.15, 0.2) is 84.1 Å². The molecule has 1 atom stereocenters. The smallest absolute Gasteiger partial charge is 0.296 e. The quantitative estimate of drug-likeness (QED) is 0.267. The third-order valence-corrected chi connectivity index (χ3v) is 7.50. The molecule has 3 aromatic carbocycles. The summed E-state index contributed by atoms with van der Waals surface area (Å²) in [4.78, 5) is 32.5. The van der Waals surface area contributed by atoms with E-state index in [1.54, 1.807) is 42.5 Å². The van der Waals surface area contributed by atoms with E-state index in [9.17, 15) is 14.7 Å². The van der Waals surface area contributed by atoms with E-state index in [0.29, 0.717) is 26.3 Å². The topological polar surface area (TPSA) is 70.5 Å². The highest BCUT2D eigenvalue weighted by atomic mass is 35.5. The first kappa shape index (κ1) is 23.6.